The summed E-state index contributed by atoms with van der Waals surface area (Å²) in [5.41, 5.74) is 6.41. The van der Waals surface area contributed by atoms with Crippen LogP contribution in [0.2, 0.25) is 0 Å². The molecule has 0 aliphatic carbocycles. The van der Waals surface area contributed by atoms with Crippen LogP contribution in [-0.2, 0) is 6.54 Å². The maximum absolute atomic E-state index is 13.2. The Labute approximate surface area is 114 Å². The zero-order chi connectivity index (χ0) is 14.5. The monoisotopic (exact) mass is 277 g/mol. The van der Waals surface area contributed by atoms with Crippen LogP contribution in [0, 0.1) is 11.6 Å². The summed E-state index contributed by atoms with van der Waals surface area (Å²) < 4.78 is 26.2. The fraction of sp³-hybridized carbons (Fsp3) is 0.0714. The number of carbonyl (C=O) groups is 1. The third-order valence-corrected chi connectivity index (χ3v) is 2.61. The molecule has 0 spiro atoms. The average Bonchev–Trinajstić information content (AvgIpc) is 2.41. The number of nitrogens with one attached hydrogen (secondary N) is 2. The number of carbonyl (C=O) groups excluding carboxylic acids is 1. The first-order valence-electron chi connectivity index (χ1n) is 5.90. The van der Waals surface area contributed by atoms with Gasteiger partial charge in [-0.05, 0) is 36.4 Å². The lowest BCUT2D eigenvalue weighted by atomic mass is 10.2. The average molecular weight is 277 g/mol. The summed E-state index contributed by atoms with van der Waals surface area (Å²) in [7, 11) is 0. The van der Waals surface area contributed by atoms with Crippen molar-refractivity contribution in [1.29, 1.82) is 0 Å². The van der Waals surface area contributed by atoms with E-state index in [1.54, 1.807) is 6.07 Å². The second kappa shape index (κ2) is 6.12. The molecule has 6 heteroatoms. The molecule has 0 saturated carbocycles. The Bertz CT molecular complexity index is 632. The Morgan fingerprint density at radius 2 is 1.75 bits per heavy atom. The van der Waals surface area contributed by atoms with Crippen molar-refractivity contribution in [3.8, 4) is 0 Å². The van der Waals surface area contributed by atoms with Crippen molar-refractivity contribution in [2.45, 2.75) is 6.54 Å². The molecule has 0 aromatic heterocycles. The molecule has 2 amide bonds. The first-order valence-corrected chi connectivity index (χ1v) is 5.90. The van der Waals surface area contributed by atoms with E-state index in [9.17, 15) is 13.6 Å². The van der Waals surface area contributed by atoms with E-state index in [2.05, 4.69) is 10.6 Å². The lowest BCUT2D eigenvalue weighted by molar-refractivity contribution is 0.262. The molecule has 0 fully saturated rings. The van der Waals surface area contributed by atoms with Crippen molar-refractivity contribution in [2.24, 2.45) is 5.73 Å². The quantitative estimate of drug-likeness (QED) is 0.807. The number of hydrogen-bond donors (Lipinski definition) is 3. The molecule has 0 saturated heterocycles. The minimum atomic E-state index is -0.551. The summed E-state index contributed by atoms with van der Waals surface area (Å²) in [6.45, 7) is 0.0346. The standard InChI is InChI=1S/C14H13F2N3O/c15-10-2-1-3-11(7-10)18-14(20)19-12-4-5-13(16)9(6-12)8-17/h1-7H,8,17H2,(H2,18,19,20). The van der Waals surface area contributed by atoms with Crippen LogP contribution in [0.15, 0.2) is 42.5 Å². The van der Waals surface area contributed by atoms with Crippen LogP contribution in [0.5, 0.6) is 0 Å². The molecule has 0 unspecified atom stereocenters. The third kappa shape index (κ3) is 3.52. The molecular weight excluding hydrogens is 264 g/mol. The topological polar surface area (TPSA) is 67.1 Å². The second-order valence-electron chi connectivity index (χ2n) is 4.10. The highest BCUT2D eigenvalue weighted by Gasteiger charge is 2.06. The molecule has 0 atom stereocenters. The first kappa shape index (κ1) is 14.0. The van der Waals surface area contributed by atoms with E-state index in [1.165, 1.54) is 36.4 Å². The van der Waals surface area contributed by atoms with Crippen molar-refractivity contribution in [2.75, 3.05) is 10.6 Å². The van der Waals surface area contributed by atoms with Crippen molar-refractivity contribution in [3.63, 3.8) is 0 Å². The summed E-state index contributed by atoms with van der Waals surface area (Å²) in [5.74, 6) is -0.876. The van der Waals surface area contributed by atoms with Crippen LogP contribution in [0.25, 0.3) is 0 Å². The van der Waals surface area contributed by atoms with E-state index in [1.807, 2.05) is 0 Å². The molecule has 0 aliphatic rings. The van der Waals surface area contributed by atoms with Gasteiger partial charge in [0.2, 0.25) is 0 Å². The Morgan fingerprint density at radius 1 is 1.05 bits per heavy atom. The number of hydrogen-bond acceptors (Lipinski definition) is 2. The fourth-order valence-corrected chi connectivity index (χ4v) is 1.67. The van der Waals surface area contributed by atoms with Crippen LogP contribution in [-0.4, -0.2) is 6.03 Å². The molecule has 20 heavy (non-hydrogen) atoms. The van der Waals surface area contributed by atoms with E-state index in [-0.39, 0.29) is 6.54 Å². The highest BCUT2D eigenvalue weighted by atomic mass is 19.1. The Balaban J connectivity index is 2.04. The summed E-state index contributed by atoms with van der Waals surface area (Å²) in [4.78, 5) is 11.7. The molecule has 2 aromatic carbocycles. The zero-order valence-electron chi connectivity index (χ0n) is 10.5. The summed E-state index contributed by atoms with van der Waals surface area (Å²) in [5, 5.41) is 4.99. The smallest absolute Gasteiger partial charge is 0.323 e. The number of nitrogens with two attached hydrogens (primary N) is 1. The maximum atomic E-state index is 13.2. The van der Waals surface area contributed by atoms with E-state index >= 15 is 0 Å². The maximum Gasteiger partial charge on any atom is 0.323 e. The van der Waals surface area contributed by atoms with Gasteiger partial charge >= 0.3 is 6.03 Å². The lowest BCUT2D eigenvalue weighted by Crippen LogP contribution is -2.19. The number of benzene rings is 2. The van der Waals surface area contributed by atoms with Gasteiger partial charge < -0.3 is 16.4 Å². The van der Waals surface area contributed by atoms with Gasteiger partial charge in [-0.3, -0.25) is 0 Å². The summed E-state index contributed by atoms with van der Waals surface area (Å²) in [6.07, 6.45) is 0. The van der Waals surface area contributed by atoms with Crippen LogP contribution in [0.4, 0.5) is 25.0 Å². The van der Waals surface area contributed by atoms with Gasteiger partial charge in [0, 0.05) is 23.5 Å². The molecule has 4 N–H and O–H groups in total. The predicted octanol–water partition coefficient (Wildman–Crippen LogP) is 3.07. The van der Waals surface area contributed by atoms with Crippen LogP contribution in [0.3, 0.4) is 0 Å². The highest BCUT2D eigenvalue weighted by Crippen LogP contribution is 2.15. The van der Waals surface area contributed by atoms with Crippen LogP contribution < -0.4 is 16.4 Å². The number of anilines is 2. The molecular formula is C14H13F2N3O. The second-order valence-corrected chi connectivity index (χ2v) is 4.10. The van der Waals surface area contributed by atoms with E-state index in [0.717, 1.165) is 0 Å². The molecule has 0 bridgehead atoms. The van der Waals surface area contributed by atoms with E-state index in [4.69, 9.17) is 5.73 Å². The van der Waals surface area contributed by atoms with Gasteiger partial charge in [0.25, 0.3) is 0 Å². The van der Waals surface area contributed by atoms with Gasteiger partial charge in [-0.25, -0.2) is 13.6 Å². The van der Waals surface area contributed by atoms with Crippen molar-refractivity contribution < 1.29 is 13.6 Å². The van der Waals surface area contributed by atoms with Crippen molar-refractivity contribution in [3.05, 3.63) is 59.7 Å². The van der Waals surface area contributed by atoms with Crippen molar-refractivity contribution in [1.82, 2.24) is 0 Å². The molecule has 0 heterocycles. The molecule has 2 rings (SSSR count). The third-order valence-electron chi connectivity index (χ3n) is 2.61. The Morgan fingerprint density at radius 3 is 2.40 bits per heavy atom. The molecule has 0 radical (unpaired) electrons. The highest BCUT2D eigenvalue weighted by molar-refractivity contribution is 5.99. The van der Waals surface area contributed by atoms with Crippen LogP contribution >= 0.6 is 0 Å². The minimum absolute atomic E-state index is 0.0346. The van der Waals surface area contributed by atoms with Crippen LogP contribution in [0.1, 0.15) is 5.56 Å². The number of halogens is 2. The van der Waals surface area contributed by atoms with E-state index in [0.29, 0.717) is 16.9 Å². The fourth-order valence-electron chi connectivity index (χ4n) is 1.67. The predicted molar refractivity (Wildman–Crippen MR) is 73.3 cm³/mol. The zero-order valence-corrected chi connectivity index (χ0v) is 10.5. The van der Waals surface area contributed by atoms with Crippen molar-refractivity contribution >= 4 is 17.4 Å². The number of urea groups is 1. The molecule has 0 aliphatic heterocycles. The first-order chi connectivity index (χ1) is 9.58. The number of rotatable bonds is 3. The Kier molecular flexibility index (Phi) is 4.27. The van der Waals surface area contributed by atoms with Gasteiger partial charge in [0.05, 0.1) is 0 Å². The minimum Gasteiger partial charge on any atom is -0.326 e. The van der Waals surface area contributed by atoms with Gasteiger partial charge in [-0.2, -0.15) is 0 Å². The molecule has 4 nitrogen and oxygen atoms in total. The largest absolute Gasteiger partial charge is 0.326 e. The SMILES string of the molecule is NCc1cc(NC(=O)Nc2cccc(F)c2)ccc1F. The van der Waals surface area contributed by atoms with Gasteiger partial charge in [-0.15, -0.1) is 0 Å². The van der Waals surface area contributed by atoms with Gasteiger partial charge in [0.1, 0.15) is 11.6 Å². The number of amides is 2. The normalized spacial score (nSPS) is 10.2. The van der Waals surface area contributed by atoms with E-state index < -0.39 is 17.7 Å². The molecule has 2 aromatic rings. The lowest BCUT2D eigenvalue weighted by Gasteiger charge is -2.09. The van der Waals surface area contributed by atoms with Gasteiger partial charge in [0.15, 0.2) is 0 Å². The molecule has 104 valence electrons. The summed E-state index contributed by atoms with van der Waals surface area (Å²) in [6, 6.07) is 9.03. The van der Waals surface area contributed by atoms with Gasteiger partial charge in [-0.1, -0.05) is 6.07 Å². The summed E-state index contributed by atoms with van der Waals surface area (Å²) >= 11 is 0. The Hall–Kier alpha value is -2.47.